The van der Waals surface area contributed by atoms with Gasteiger partial charge in [0.1, 0.15) is 0 Å². The zero-order chi connectivity index (χ0) is 12.6. The molecule has 0 radical (unpaired) electrons. The van der Waals surface area contributed by atoms with Crippen molar-refractivity contribution in [3.8, 4) is 0 Å². The van der Waals surface area contributed by atoms with Crippen molar-refractivity contribution in [1.29, 1.82) is 0 Å². The minimum atomic E-state index is -0.717. The van der Waals surface area contributed by atoms with Crippen LogP contribution in [0, 0.1) is 5.41 Å². The molecule has 1 atom stereocenters. The molecule has 0 aliphatic carbocycles. The Morgan fingerprint density at radius 3 is 3.22 bits per heavy atom. The highest BCUT2D eigenvalue weighted by atomic mass is 32.1. The Morgan fingerprint density at radius 1 is 1.67 bits per heavy atom. The summed E-state index contributed by atoms with van der Waals surface area (Å²) in [5, 5.41) is 14.7. The van der Waals surface area contributed by atoms with Gasteiger partial charge in [-0.05, 0) is 19.4 Å². The predicted molar refractivity (Wildman–Crippen MR) is 68.9 cm³/mol. The van der Waals surface area contributed by atoms with E-state index in [9.17, 15) is 9.90 Å². The van der Waals surface area contributed by atoms with Crippen LogP contribution in [0.2, 0.25) is 0 Å². The summed E-state index contributed by atoms with van der Waals surface area (Å²) < 4.78 is 1.95. The van der Waals surface area contributed by atoms with Crippen molar-refractivity contribution in [3.05, 3.63) is 23.5 Å². The summed E-state index contributed by atoms with van der Waals surface area (Å²) in [7, 11) is 0. The van der Waals surface area contributed by atoms with E-state index in [2.05, 4.69) is 10.3 Å². The van der Waals surface area contributed by atoms with E-state index in [-0.39, 0.29) is 0 Å². The van der Waals surface area contributed by atoms with Gasteiger partial charge >= 0.3 is 5.97 Å². The van der Waals surface area contributed by atoms with Gasteiger partial charge in [-0.15, -0.1) is 11.3 Å². The van der Waals surface area contributed by atoms with Gasteiger partial charge in [-0.1, -0.05) is 0 Å². The predicted octanol–water partition coefficient (Wildman–Crippen LogP) is 1.39. The monoisotopic (exact) mass is 265 g/mol. The first-order chi connectivity index (χ1) is 8.70. The fraction of sp³-hybridized carbons (Fsp3) is 0.500. The van der Waals surface area contributed by atoms with Crippen LogP contribution in [0.5, 0.6) is 0 Å². The summed E-state index contributed by atoms with van der Waals surface area (Å²) in [4.78, 5) is 17.0. The average Bonchev–Trinajstić information content (AvgIpc) is 2.90. The summed E-state index contributed by atoms with van der Waals surface area (Å²) in [5.74, 6) is -0.717. The first kappa shape index (κ1) is 11.7. The molecule has 3 rings (SSSR count). The van der Waals surface area contributed by atoms with Crippen LogP contribution in [0.15, 0.2) is 17.8 Å². The van der Waals surface area contributed by atoms with Crippen molar-refractivity contribution in [2.45, 2.75) is 19.3 Å². The Morgan fingerprint density at radius 2 is 2.56 bits per heavy atom. The first-order valence-corrected chi connectivity index (χ1v) is 6.93. The number of aromatic nitrogens is 2. The number of carboxylic acids is 1. The molecule has 2 N–H and O–H groups in total. The molecule has 96 valence electrons. The highest BCUT2D eigenvalue weighted by Gasteiger charge is 2.40. The van der Waals surface area contributed by atoms with Gasteiger partial charge in [-0.2, -0.15) is 0 Å². The third kappa shape index (κ3) is 1.91. The van der Waals surface area contributed by atoms with E-state index in [0.29, 0.717) is 13.0 Å². The van der Waals surface area contributed by atoms with Gasteiger partial charge in [0.05, 0.1) is 11.1 Å². The Balaban J connectivity index is 1.88. The normalized spacial score (nSPS) is 24.4. The second-order valence-corrected chi connectivity index (χ2v) is 5.74. The Kier molecular flexibility index (Phi) is 2.83. The zero-order valence-electron chi connectivity index (χ0n) is 9.93. The van der Waals surface area contributed by atoms with E-state index in [4.69, 9.17) is 0 Å². The zero-order valence-corrected chi connectivity index (χ0v) is 10.7. The van der Waals surface area contributed by atoms with E-state index in [0.717, 1.165) is 30.0 Å². The summed E-state index contributed by atoms with van der Waals surface area (Å²) in [5.41, 5.74) is 0.176. The van der Waals surface area contributed by atoms with E-state index >= 15 is 0 Å². The number of piperidine rings is 1. The Hall–Kier alpha value is -1.40. The van der Waals surface area contributed by atoms with Gasteiger partial charge in [0.15, 0.2) is 4.96 Å². The van der Waals surface area contributed by atoms with Crippen molar-refractivity contribution in [1.82, 2.24) is 14.7 Å². The molecule has 1 unspecified atom stereocenters. The minimum absolute atomic E-state index is 0.504. The van der Waals surface area contributed by atoms with Crippen LogP contribution in [0.3, 0.4) is 0 Å². The van der Waals surface area contributed by atoms with E-state index < -0.39 is 11.4 Å². The van der Waals surface area contributed by atoms with Gasteiger partial charge in [-0.25, -0.2) is 4.98 Å². The molecule has 1 saturated heterocycles. The lowest BCUT2D eigenvalue weighted by atomic mass is 9.77. The fourth-order valence-corrected chi connectivity index (χ4v) is 3.30. The third-order valence-corrected chi connectivity index (χ3v) is 4.36. The smallest absolute Gasteiger partial charge is 0.311 e. The maximum absolute atomic E-state index is 11.6. The molecular weight excluding hydrogens is 250 g/mol. The fourth-order valence-electron chi connectivity index (χ4n) is 2.58. The SMILES string of the molecule is O=C(O)C1(Cc2cn3ccsc3n2)CCCNC1. The standard InChI is InChI=1S/C12H15N3O2S/c16-10(17)12(2-1-3-13-8-12)6-9-7-15-4-5-18-11(15)14-9/h4-5,7,13H,1-3,6,8H2,(H,16,17). The molecule has 2 aromatic heterocycles. The van der Waals surface area contributed by atoms with Crippen LogP contribution >= 0.6 is 11.3 Å². The number of nitrogens with zero attached hydrogens (tertiary/aromatic N) is 2. The lowest BCUT2D eigenvalue weighted by molar-refractivity contribution is -0.150. The van der Waals surface area contributed by atoms with Gasteiger partial charge in [0.25, 0.3) is 0 Å². The summed E-state index contributed by atoms with van der Waals surface area (Å²) in [6.07, 6.45) is 6.02. The second-order valence-electron chi connectivity index (χ2n) is 4.87. The number of aliphatic carboxylic acids is 1. The van der Waals surface area contributed by atoms with Gasteiger partial charge in [0, 0.05) is 30.7 Å². The third-order valence-electron chi connectivity index (χ3n) is 3.59. The topological polar surface area (TPSA) is 66.6 Å². The summed E-state index contributed by atoms with van der Waals surface area (Å²) in [6.45, 7) is 1.45. The number of carbonyl (C=O) groups is 1. The van der Waals surface area contributed by atoms with Gasteiger partial charge < -0.3 is 10.4 Å². The van der Waals surface area contributed by atoms with Crippen LogP contribution < -0.4 is 5.32 Å². The van der Waals surface area contributed by atoms with E-state index in [1.165, 1.54) is 0 Å². The first-order valence-electron chi connectivity index (χ1n) is 6.05. The second kappa shape index (κ2) is 4.37. The maximum atomic E-state index is 11.6. The maximum Gasteiger partial charge on any atom is 0.311 e. The van der Waals surface area contributed by atoms with Crippen LogP contribution in [-0.2, 0) is 11.2 Å². The van der Waals surface area contributed by atoms with Crippen molar-refractivity contribution < 1.29 is 9.90 Å². The molecule has 0 aromatic carbocycles. The summed E-state index contributed by atoms with van der Waals surface area (Å²) in [6, 6.07) is 0. The molecule has 6 heteroatoms. The van der Waals surface area contributed by atoms with Crippen molar-refractivity contribution >= 4 is 22.3 Å². The minimum Gasteiger partial charge on any atom is -0.481 e. The van der Waals surface area contributed by atoms with Crippen LogP contribution in [0.4, 0.5) is 0 Å². The molecule has 0 saturated carbocycles. The molecule has 1 fully saturated rings. The quantitative estimate of drug-likeness (QED) is 0.880. The van der Waals surface area contributed by atoms with E-state index in [1.807, 2.05) is 22.2 Å². The van der Waals surface area contributed by atoms with Gasteiger partial charge in [-0.3, -0.25) is 9.20 Å². The lowest BCUT2D eigenvalue weighted by Gasteiger charge is -2.33. The molecule has 1 aliphatic rings. The van der Waals surface area contributed by atoms with Crippen molar-refractivity contribution in [2.75, 3.05) is 13.1 Å². The molecule has 3 heterocycles. The lowest BCUT2D eigenvalue weighted by Crippen LogP contribution is -2.47. The molecule has 18 heavy (non-hydrogen) atoms. The van der Waals surface area contributed by atoms with Crippen molar-refractivity contribution in [2.24, 2.45) is 5.41 Å². The number of hydrogen-bond donors (Lipinski definition) is 2. The Labute approximate surface area is 108 Å². The number of imidazole rings is 1. The number of thiazole rings is 1. The molecule has 0 amide bonds. The Bertz CT molecular complexity index is 540. The summed E-state index contributed by atoms with van der Waals surface area (Å²) >= 11 is 1.57. The van der Waals surface area contributed by atoms with Gasteiger partial charge in [0.2, 0.25) is 0 Å². The molecule has 0 spiro atoms. The molecule has 1 aliphatic heterocycles. The van der Waals surface area contributed by atoms with Crippen LogP contribution in [-0.4, -0.2) is 33.6 Å². The highest BCUT2D eigenvalue weighted by molar-refractivity contribution is 7.15. The van der Waals surface area contributed by atoms with Crippen LogP contribution in [0.25, 0.3) is 4.96 Å². The largest absolute Gasteiger partial charge is 0.481 e. The number of rotatable bonds is 3. The molecular formula is C12H15N3O2S. The number of nitrogens with one attached hydrogen (secondary N) is 1. The van der Waals surface area contributed by atoms with Crippen LogP contribution in [0.1, 0.15) is 18.5 Å². The molecule has 2 aromatic rings. The van der Waals surface area contributed by atoms with E-state index in [1.54, 1.807) is 11.3 Å². The van der Waals surface area contributed by atoms with Crippen molar-refractivity contribution in [3.63, 3.8) is 0 Å². The molecule has 0 bridgehead atoms. The number of fused-ring (bicyclic) bond motifs is 1. The number of hydrogen-bond acceptors (Lipinski definition) is 4. The molecule has 5 nitrogen and oxygen atoms in total. The average molecular weight is 265 g/mol. The number of carboxylic acid groups (broad SMARTS) is 1. The highest BCUT2D eigenvalue weighted by Crippen LogP contribution is 2.31.